The van der Waals surface area contributed by atoms with Crippen LogP contribution in [0.25, 0.3) is 0 Å². The van der Waals surface area contributed by atoms with E-state index in [0.29, 0.717) is 0 Å². The Morgan fingerprint density at radius 3 is 2.39 bits per heavy atom. The lowest BCUT2D eigenvalue weighted by Gasteiger charge is -2.21. The van der Waals surface area contributed by atoms with Crippen LogP contribution in [0.15, 0.2) is 35.3 Å². The number of para-hydroxylation sites is 1. The van der Waals surface area contributed by atoms with Crippen LogP contribution in [0.4, 0.5) is 5.69 Å². The van der Waals surface area contributed by atoms with Gasteiger partial charge in [-0.2, -0.15) is 0 Å². The minimum Gasteiger partial charge on any atom is -0.375 e. The first kappa shape index (κ1) is 20.1. The van der Waals surface area contributed by atoms with Crippen molar-refractivity contribution >= 4 is 35.6 Å². The molecule has 0 bridgehead atoms. The molecular formula is C18H31IN4. The van der Waals surface area contributed by atoms with Crippen molar-refractivity contribution in [3.8, 4) is 0 Å². The minimum absolute atomic E-state index is 0. The quantitative estimate of drug-likeness (QED) is 0.324. The Hall–Kier alpha value is -0.980. The van der Waals surface area contributed by atoms with Crippen LogP contribution in [0.1, 0.15) is 38.5 Å². The Morgan fingerprint density at radius 1 is 1.09 bits per heavy atom. The molecule has 1 saturated heterocycles. The van der Waals surface area contributed by atoms with E-state index in [-0.39, 0.29) is 24.0 Å². The maximum Gasteiger partial charge on any atom is 0.191 e. The van der Waals surface area contributed by atoms with Gasteiger partial charge in [0.2, 0.25) is 0 Å². The maximum atomic E-state index is 6.12. The summed E-state index contributed by atoms with van der Waals surface area (Å²) < 4.78 is 0. The molecule has 1 fully saturated rings. The fraction of sp³-hybridized carbons (Fsp3) is 0.611. The van der Waals surface area contributed by atoms with Crippen molar-refractivity contribution in [3.05, 3.63) is 30.3 Å². The zero-order chi connectivity index (χ0) is 15.6. The average Bonchev–Trinajstić information content (AvgIpc) is 2.84. The smallest absolute Gasteiger partial charge is 0.191 e. The first-order valence-electron chi connectivity index (χ1n) is 8.58. The van der Waals surface area contributed by atoms with Crippen LogP contribution in [0.2, 0.25) is 0 Å². The van der Waals surface area contributed by atoms with Gasteiger partial charge < -0.3 is 15.5 Å². The predicted octanol–water partition coefficient (Wildman–Crippen LogP) is 3.71. The number of halogens is 1. The molecule has 0 aromatic heterocycles. The number of anilines is 1. The molecule has 2 rings (SSSR count). The number of rotatable bonds is 6. The van der Waals surface area contributed by atoms with Crippen molar-refractivity contribution in [2.75, 3.05) is 38.1 Å². The van der Waals surface area contributed by atoms with Crippen LogP contribution in [-0.2, 0) is 0 Å². The second-order valence-electron chi connectivity index (χ2n) is 6.11. The largest absolute Gasteiger partial charge is 0.375 e. The number of benzene rings is 1. The summed E-state index contributed by atoms with van der Waals surface area (Å²) in [7, 11) is 2.14. The van der Waals surface area contributed by atoms with Gasteiger partial charge in [-0.25, -0.2) is 0 Å². The van der Waals surface area contributed by atoms with E-state index < -0.39 is 0 Å². The summed E-state index contributed by atoms with van der Waals surface area (Å²) >= 11 is 0. The van der Waals surface area contributed by atoms with Crippen molar-refractivity contribution in [2.24, 2.45) is 10.7 Å². The SMILES string of the molecule is CN(CCCCN=C(N)N1CCCCCC1)c1ccccc1.I. The third-order valence-corrected chi connectivity index (χ3v) is 4.30. The van der Waals surface area contributed by atoms with Crippen LogP contribution in [0.3, 0.4) is 0 Å². The van der Waals surface area contributed by atoms with E-state index in [1.54, 1.807) is 0 Å². The molecule has 1 aromatic carbocycles. The van der Waals surface area contributed by atoms with Gasteiger partial charge in [0.25, 0.3) is 0 Å². The number of guanidine groups is 1. The molecule has 1 heterocycles. The molecule has 1 aliphatic rings. The van der Waals surface area contributed by atoms with Crippen LogP contribution < -0.4 is 10.6 Å². The van der Waals surface area contributed by atoms with Gasteiger partial charge in [-0.05, 0) is 37.8 Å². The molecule has 2 N–H and O–H groups in total. The first-order chi connectivity index (χ1) is 10.8. The van der Waals surface area contributed by atoms with E-state index in [4.69, 9.17) is 5.73 Å². The molecule has 0 amide bonds. The van der Waals surface area contributed by atoms with Crippen molar-refractivity contribution in [3.63, 3.8) is 0 Å². The summed E-state index contributed by atoms with van der Waals surface area (Å²) in [5.74, 6) is 0.748. The number of unbranched alkanes of at least 4 members (excludes halogenated alkanes) is 1. The lowest BCUT2D eigenvalue weighted by Crippen LogP contribution is -2.38. The summed E-state index contributed by atoms with van der Waals surface area (Å²) in [6, 6.07) is 10.5. The zero-order valence-electron chi connectivity index (χ0n) is 14.3. The van der Waals surface area contributed by atoms with E-state index in [1.807, 2.05) is 0 Å². The molecule has 0 spiro atoms. The summed E-state index contributed by atoms with van der Waals surface area (Å²) in [5.41, 5.74) is 7.39. The van der Waals surface area contributed by atoms with Gasteiger partial charge in [0.15, 0.2) is 5.96 Å². The summed E-state index contributed by atoms with van der Waals surface area (Å²) in [4.78, 5) is 9.11. The molecule has 0 atom stereocenters. The average molecular weight is 430 g/mol. The van der Waals surface area contributed by atoms with Gasteiger partial charge in [-0.3, -0.25) is 4.99 Å². The van der Waals surface area contributed by atoms with Crippen molar-refractivity contribution in [1.29, 1.82) is 0 Å². The maximum absolute atomic E-state index is 6.12. The lowest BCUT2D eigenvalue weighted by molar-refractivity contribution is 0.428. The molecule has 0 unspecified atom stereocenters. The Labute approximate surface area is 158 Å². The van der Waals surface area contributed by atoms with Crippen molar-refractivity contribution in [1.82, 2.24) is 4.90 Å². The van der Waals surface area contributed by atoms with E-state index in [1.165, 1.54) is 31.4 Å². The van der Waals surface area contributed by atoms with Gasteiger partial charge in [-0.1, -0.05) is 31.0 Å². The number of nitrogens with zero attached hydrogens (tertiary/aromatic N) is 3. The zero-order valence-corrected chi connectivity index (χ0v) is 16.6. The van der Waals surface area contributed by atoms with E-state index in [0.717, 1.165) is 45.0 Å². The standard InChI is InChI=1S/C18H30N4.HI/c1-21(17-11-5-4-6-12-17)14-10-7-13-20-18(19)22-15-8-2-3-9-16-22;/h4-6,11-12H,2-3,7-10,13-16H2,1H3,(H2,19,20);1H. The molecule has 5 heteroatoms. The van der Waals surface area contributed by atoms with Crippen LogP contribution in [-0.4, -0.2) is 44.1 Å². The van der Waals surface area contributed by atoms with Crippen molar-refractivity contribution < 1.29 is 0 Å². The Bertz CT molecular complexity index is 442. The highest BCUT2D eigenvalue weighted by atomic mass is 127. The highest BCUT2D eigenvalue weighted by Crippen LogP contribution is 2.12. The topological polar surface area (TPSA) is 44.9 Å². The molecule has 1 aromatic rings. The van der Waals surface area contributed by atoms with E-state index in [9.17, 15) is 0 Å². The predicted molar refractivity (Wildman–Crippen MR) is 111 cm³/mol. The monoisotopic (exact) mass is 430 g/mol. The summed E-state index contributed by atoms with van der Waals surface area (Å²) in [6.45, 7) is 4.05. The number of aliphatic imine (C=N–C) groups is 1. The Balaban J connectivity index is 0.00000264. The minimum atomic E-state index is 0. The third-order valence-electron chi connectivity index (χ3n) is 4.30. The van der Waals surface area contributed by atoms with Gasteiger partial charge in [-0.15, -0.1) is 24.0 Å². The first-order valence-corrected chi connectivity index (χ1v) is 8.58. The molecular weight excluding hydrogens is 399 g/mol. The lowest BCUT2D eigenvalue weighted by atomic mass is 10.2. The van der Waals surface area contributed by atoms with Gasteiger partial charge in [0.1, 0.15) is 0 Å². The fourth-order valence-electron chi connectivity index (χ4n) is 2.87. The molecule has 23 heavy (non-hydrogen) atoms. The van der Waals surface area contributed by atoms with Crippen molar-refractivity contribution in [2.45, 2.75) is 38.5 Å². The molecule has 0 aliphatic carbocycles. The normalized spacial score (nSPS) is 15.7. The van der Waals surface area contributed by atoms with Gasteiger partial charge in [0, 0.05) is 38.9 Å². The molecule has 130 valence electrons. The molecule has 1 aliphatic heterocycles. The summed E-state index contributed by atoms with van der Waals surface area (Å²) in [5, 5.41) is 0. The van der Waals surface area contributed by atoms with E-state index in [2.05, 4.69) is 52.2 Å². The fourth-order valence-corrected chi connectivity index (χ4v) is 2.87. The highest BCUT2D eigenvalue weighted by Gasteiger charge is 2.10. The van der Waals surface area contributed by atoms with Crippen LogP contribution in [0, 0.1) is 0 Å². The molecule has 4 nitrogen and oxygen atoms in total. The van der Waals surface area contributed by atoms with E-state index >= 15 is 0 Å². The number of nitrogens with two attached hydrogens (primary N) is 1. The highest BCUT2D eigenvalue weighted by molar-refractivity contribution is 14.0. The van der Waals surface area contributed by atoms with Gasteiger partial charge in [0.05, 0.1) is 0 Å². The van der Waals surface area contributed by atoms with Crippen LogP contribution in [0.5, 0.6) is 0 Å². The number of hydrogen-bond donors (Lipinski definition) is 1. The van der Waals surface area contributed by atoms with Gasteiger partial charge >= 0.3 is 0 Å². The molecule has 0 radical (unpaired) electrons. The Morgan fingerprint density at radius 2 is 1.74 bits per heavy atom. The Kier molecular flexibility index (Phi) is 10.1. The molecule has 0 saturated carbocycles. The number of hydrogen-bond acceptors (Lipinski definition) is 2. The second-order valence-corrected chi connectivity index (χ2v) is 6.11. The second kappa shape index (κ2) is 11.5. The summed E-state index contributed by atoms with van der Waals surface area (Å²) in [6.07, 6.45) is 7.38. The van der Waals surface area contributed by atoms with Crippen LogP contribution >= 0.6 is 24.0 Å². The number of likely N-dealkylation sites (tertiary alicyclic amines) is 1. The third kappa shape index (κ3) is 7.42.